The number of hydrogen-bond donors (Lipinski definition) is 4. The zero-order chi connectivity index (χ0) is 67.3. The molecular weight excluding hydrogens is 1140 g/mol. The number of aliphatic hydroxyl groups excluding tert-OH is 3. The standard InChI is InChI=1S/C36H60O8.C26H44O7.C9H16O.CH2O/c1-10-34(7,30(39)43-22-41-19-27-23(2)24-11-12-25(27)17-24)21-35(8,20-32(3,4)29(38)42-16-15-37)31(40)44-28-18-26-13-14-36(28,9)33(26,5)6;1-9-24(6,19(28)29)16-25(7,15-22(2,3)20(30)32-13-12-27)21(31)33-18-14-17-10-11-26(18,8)23(17,4)5;1-6-7-2-3-8(4-7)9(6)5-10;1-2/h23-28,37H,10-22H2,1-9H3;17-18,27H,9-16H2,1-8H3,(H,28,29);6-10H,2-5H2,1H3;1H2/p+1. The molecule has 0 aromatic rings. The second kappa shape index (κ2) is 29.3. The van der Waals surface area contributed by atoms with E-state index < -0.39 is 62.3 Å². The SMILES string of the molecule is C=[OH+].CC1C2CCC(C2)C1CO.CCC(C)(CC(C)(CC(C)(C)C(=O)OCCO)C(=O)OC1CC2CCC1(C)C2(C)C)C(=O)O.CCC(C)(CC(C)(CC(C)(C)C(=O)OCCO)C(=O)OC1CC2CCC1(C)C2(C)C)C(=O)OCOCC1C2CCC(C2)C1C. The van der Waals surface area contributed by atoms with Crippen LogP contribution in [0, 0.1) is 113 Å². The molecule has 17 heteroatoms. The molecule has 0 radical (unpaired) electrons. The first kappa shape index (κ1) is 76.0. The number of aliphatic carboxylic acids is 1. The third kappa shape index (κ3) is 15.6. The number of hydrogen-bond acceptors (Lipinski definition) is 15. The normalized spacial score (nSPS) is 34.1. The summed E-state index contributed by atoms with van der Waals surface area (Å²) in [5, 5.41) is 37.2. The lowest BCUT2D eigenvalue weighted by atomic mass is 9.65. The summed E-state index contributed by atoms with van der Waals surface area (Å²) >= 11 is 0. The molecule has 0 aromatic carbocycles. The van der Waals surface area contributed by atoms with Crippen LogP contribution in [-0.2, 0) is 57.2 Å². The summed E-state index contributed by atoms with van der Waals surface area (Å²) < 4.78 is 34.7. The Bertz CT molecular complexity index is 2430. The van der Waals surface area contributed by atoms with Gasteiger partial charge in [0.05, 0.1) is 52.3 Å². The summed E-state index contributed by atoms with van der Waals surface area (Å²) in [6.07, 6.45) is 14.8. The maximum absolute atomic E-state index is 14.3. The molecule has 17 nitrogen and oxygen atoms in total. The Hall–Kier alpha value is -3.67. The number of ether oxygens (including phenoxy) is 6. The molecule has 0 spiro atoms. The molecule has 18 atom stereocenters. The Morgan fingerprint density at radius 3 is 1.18 bits per heavy atom. The second-order valence-corrected chi connectivity index (χ2v) is 33.3. The van der Waals surface area contributed by atoms with Gasteiger partial charge in [0.1, 0.15) is 25.4 Å². The van der Waals surface area contributed by atoms with E-state index >= 15 is 0 Å². The number of rotatable bonds is 27. The van der Waals surface area contributed by atoms with E-state index in [4.69, 9.17) is 43.4 Å². The van der Waals surface area contributed by atoms with Gasteiger partial charge in [0, 0.05) is 17.4 Å². The van der Waals surface area contributed by atoms with Gasteiger partial charge in [0.2, 0.25) is 0 Å². The topological polar surface area (TPSA) is 260 Å². The van der Waals surface area contributed by atoms with Crippen LogP contribution in [0.15, 0.2) is 0 Å². The van der Waals surface area contributed by atoms with E-state index in [1.165, 1.54) is 38.5 Å². The molecule has 0 saturated heterocycles. The smallest absolute Gasteiger partial charge is 0.313 e. The van der Waals surface area contributed by atoms with Gasteiger partial charge in [-0.05, 0) is 241 Å². The Balaban J connectivity index is 0.000000279. The first-order chi connectivity index (χ1) is 41.3. The minimum atomic E-state index is -1.20. The number of fused-ring (bicyclic) bond motifs is 8. The quantitative estimate of drug-likeness (QED) is 0.0196. The number of carboxylic acid groups (broad SMARTS) is 1. The summed E-state index contributed by atoms with van der Waals surface area (Å²) in [4.78, 5) is 86.3. The minimum Gasteiger partial charge on any atom is -0.481 e. The molecule has 0 aromatic heterocycles. The summed E-state index contributed by atoms with van der Waals surface area (Å²) in [5.74, 6) is 3.74. The summed E-state index contributed by atoms with van der Waals surface area (Å²) in [6.45, 7) is 38.1. The van der Waals surface area contributed by atoms with Crippen molar-refractivity contribution in [1.29, 1.82) is 0 Å². The van der Waals surface area contributed by atoms with Crippen LogP contribution in [0.25, 0.3) is 0 Å². The van der Waals surface area contributed by atoms with E-state index in [9.17, 15) is 39.0 Å². The Kier molecular flexibility index (Phi) is 25.0. The number of esters is 5. The summed E-state index contributed by atoms with van der Waals surface area (Å²) in [7, 11) is 0. The van der Waals surface area contributed by atoms with Crippen LogP contribution in [0.4, 0.5) is 0 Å². The van der Waals surface area contributed by atoms with Crippen molar-refractivity contribution in [3.63, 3.8) is 0 Å². The van der Waals surface area contributed by atoms with E-state index in [-0.39, 0.29) is 98.7 Å². The second-order valence-electron chi connectivity index (χ2n) is 33.3. The molecule has 18 unspecified atom stereocenters. The van der Waals surface area contributed by atoms with E-state index in [1.807, 2.05) is 20.8 Å². The molecule has 0 heterocycles. The zero-order valence-corrected chi connectivity index (χ0v) is 58.4. The number of carboxylic acids is 1. The lowest BCUT2D eigenvalue weighted by Crippen LogP contribution is -2.47. The molecule has 89 heavy (non-hydrogen) atoms. The van der Waals surface area contributed by atoms with Crippen molar-refractivity contribution in [3.8, 4) is 0 Å². The van der Waals surface area contributed by atoms with Crippen molar-refractivity contribution < 1.29 is 82.4 Å². The molecule has 0 amide bonds. The minimum absolute atomic E-state index is 0.0532. The number of aliphatic hydroxyl groups is 3. The fourth-order valence-electron chi connectivity index (χ4n) is 19.2. The molecule has 8 aliphatic carbocycles. The lowest BCUT2D eigenvalue weighted by molar-refractivity contribution is -0.181. The van der Waals surface area contributed by atoms with E-state index in [0.29, 0.717) is 61.6 Å². The van der Waals surface area contributed by atoms with Gasteiger partial charge in [-0.1, -0.05) is 69.2 Å². The highest BCUT2D eigenvalue weighted by Crippen LogP contribution is 2.68. The molecular formula is C72H123O17+. The van der Waals surface area contributed by atoms with Crippen molar-refractivity contribution in [3.05, 3.63) is 0 Å². The van der Waals surface area contributed by atoms with Crippen LogP contribution in [0.5, 0.6) is 0 Å². The Labute approximate surface area is 535 Å². The molecule has 8 aliphatic rings. The van der Waals surface area contributed by atoms with E-state index in [1.54, 1.807) is 48.5 Å². The van der Waals surface area contributed by atoms with Crippen molar-refractivity contribution >= 4 is 42.6 Å². The van der Waals surface area contributed by atoms with Crippen LogP contribution in [0.2, 0.25) is 0 Å². The van der Waals surface area contributed by atoms with Crippen molar-refractivity contribution in [1.82, 2.24) is 0 Å². The molecule has 8 fully saturated rings. The van der Waals surface area contributed by atoms with Crippen molar-refractivity contribution in [2.24, 2.45) is 113 Å². The lowest BCUT2D eigenvalue weighted by Gasteiger charge is -2.43. The van der Waals surface area contributed by atoms with Gasteiger partial charge in [-0.15, -0.1) is 0 Å². The monoisotopic (exact) mass is 1260 g/mol. The molecule has 0 aliphatic heterocycles. The highest BCUT2D eigenvalue weighted by atomic mass is 16.7. The predicted molar refractivity (Wildman–Crippen MR) is 341 cm³/mol. The number of carbonyl (C=O) groups is 6. The third-order valence-electron chi connectivity index (χ3n) is 26.3. The largest absolute Gasteiger partial charge is 0.481 e. The van der Waals surface area contributed by atoms with Gasteiger partial charge in [0.15, 0.2) is 6.79 Å². The van der Waals surface area contributed by atoms with Gasteiger partial charge >= 0.3 is 35.8 Å². The van der Waals surface area contributed by atoms with Gasteiger partial charge in [0.25, 0.3) is 6.79 Å². The maximum atomic E-state index is 14.3. The van der Waals surface area contributed by atoms with Crippen molar-refractivity contribution in [2.75, 3.05) is 46.4 Å². The van der Waals surface area contributed by atoms with Crippen LogP contribution < -0.4 is 0 Å². The number of carbonyl (C=O) groups excluding carboxylic acids is 6. The van der Waals surface area contributed by atoms with Gasteiger partial charge < -0.3 is 48.8 Å². The molecule has 5 N–H and O–H groups in total. The molecule has 512 valence electrons. The van der Waals surface area contributed by atoms with Gasteiger partial charge in [-0.25, -0.2) is 0 Å². The fraction of sp³-hybridized carbons (Fsp3) is 0.903. The fourth-order valence-corrected chi connectivity index (χ4v) is 19.2. The van der Waals surface area contributed by atoms with E-state index in [2.05, 4.69) is 62.2 Å². The first-order valence-corrected chi connectivity index (χ1v) is 34.1. The third-order valence-corrected chi connectivity index (χ3v) is 26.3. The van der Waals surface area contributed by atoms with Crippen LogP contribution in [-0.4, -0.2) is 126 Å². The highest BCUT2D eigenvalue weighted by molar-refractivity contribution is 5.84. The Morgan fingerprint density at radius 2 is 0.876 bits per heavy atom. The summed E-state index contributed by atoms with van der Waals surface area (Å²) in [6, 6.07) is 0. The van der Waals surface area contributed by atoms with E-state index in [0.717, 1.165) is 62.2 Å². The molecule has 8 rings (SSSR count). The average molecular weight is 1260 g/mol. The van der Waals surface area contributed by atoms with Crippen LogP contribution in [0.3, 0.4) is 0 Å². The first-order valence-electron chi connectivity index (χ1n) is 34.1. The van der Waals surface area contributed by atoms with Gasteiger partial charge in [-0.2, -0.15) is 0 Å². The average Bonchev–Trinajstić information content (AvgIpc) is 1.58. The van der Waals surface area contributed by atoms with Crippen molar-refractivity contribution in [2.45, 2.75) is 252 Å². The van der Waals surface area contributed by atoms with Crippen LogP contribution in [0.1, 0.15) is 240 Å². The maximum Gasteiger partial charge on any atom is 0.313 e. The molecule has 8 bridgehead atoms. The zero-order valence-electron chi connectivity index (χ0n) is 58.4. The molecule has 8 saturated carbocycles. The Morgan fingerprint density at radius 1 is 0.494 bits per heavy atom. The van der Waals surface area contributed by atoms with Crippen LogP contribution >= 0.6 is 0 Å². The predicted octanol–water partition coefficient (Wildman–Crippen LogP) is 12.8. The van der Waals surface area contributed by atoms with Gasteiger partial charge in [-0.3, -0.25) is 33.6 Å². The summed E-state index contributed by atoms with van der Waals surface area (Å²) in [5.41, 5.74) is -6.74. The highest BCUT2D eigenvalue weighted by Gasteiger charge is 2.65.